The van der Waals surface area contributed by atoms with Gasteiger partial charge in [-0.05, 0) is 10.9 Å². The van der Waals surface area contributed by atoms with Gasteiger partial charge in [-0.25, -0.2) is 0 Å². The number of hydrogen-bond acceptors (Lipinski definition) is 7. The zero-order valence-corrected chi connectivity index (χ0v) is 9.39. The first-order valence-corrected chi connectivity index (χ1v) is 5.43. The molecule has 0 bridgehead atoms. The molecule has 0 aliphatic carbocycles. The van der Waals surface area contributed by atoms with E-state index in [0.29, 0.717) is 16.5 Å². The average Bonchev–Trinajstić information content (AvgIpc) is 3.18. The smallest absolute Gasteiger partial charge is 0.382 e. The van der Waals surface area contributed by atoms with Gasteiger partial charge in [-0.15, -0.1) is 0 Å². The highest BCUT2D eigenvalue weighted by molar-refractivity contribution is 5.62. The molecule has 2 aliphatic heterocycles. The second-order valence-electron chi connectivity index (χ2n) is 4.10. The maximum Gasteiger partial charge on any atom is 0.382 e. The maximum atomic E-state index is 11.7. The Morgan fingerprint density at radius 2 is 2.39 bits per heavy atom. The summed E-state index contributed by atoms with van der Waals surface area (Å²) in [4.78, 5) is 0.343. The molecule has 1 aromatic rings. The van der Waals surface area contributed by atoms with Crippen LogP contribution < -0.4 is 10.8 Å². The average molecular weight is 252 g/mol. The minimum Gasteiger partial charge on any atom is -0.594 e. The fourth-order valence-corrected chi connectivity index (χ4v) is 1.67. The zero-order valence-electron chi connectivity index (χ0n) is 9.39. The number of benzene rings is 1. The second-order valence-corrected chi connectivity index (χ2v) is 4.10. The number of fused-ring (bicyclic) bond motifs is 1. The van der Waals surface area contributed by atoms with Crippen molar-refractivity contribution in [2.24, 2.45) is 10.8 Å². The lowest BCUT2D eigenvalue weighted by molar-refractivity contribution is -0.469. The molecule has 3 rings (SSSR count). The molecule has 0 saturated carbocycles. The molecule has 2 unspecified atom stereocenters. The Labute approximate surface area is 102 Å². The molecular weight excluding hydrogens is 240 g/mol. The molecule has 0 amide bonds. The molecule has 1 fully saturated rings. The van der Waals surface area contributed by atoms with Crippen LogP contribution in [0, 0.1) is 5.21 Å². The van der Waals surface area contributed by atoms with Crippen molar-refractivity contribution >= 4 is 11.4 Å². The van der Waals surface area contributed by atoms with Gasteiger partial charge in [-0.2, -0.15) is 5.06 Å². The van der Waals surface area contributed by atoms with E-state index >= 15 is 0 Å². The first kappa shape index (κ1) is 11.4. The van der Waals surface area contributed by atoms with E-state index in [4.69, 9.17) is 15.2 Å². The van der Waals surface area contributed by atoms with Crippen LogP contribution in [0.4, 0.5) is 11.4 Å². The molecule has 8 heteroatoms. The number of para-hydroxylation sites is 2. The summed E-state index contributed by atoms with van der Waals surface area (Å²) in [6.07, 6.45) is -0.0497. The summed E-state index contributed by atoms with van der Waals surface area (Å²) in [5, 5.41) is 26.0. The lowest BCUT2D eigenvalue weighted by Crippen LogP contribution is -2.58. The van der Waals surface area contributed by atoms with Gasteiger partial charge in [0.1, 0.15) is 11.8 Å². The Bertz CT molecular complexity index is 504. The molecule has 1 saturated heterocycles. The van der Waals surface area contributed by atoms with Gasteiger partial charge in [0.25, 0.3) is 5.69 Å². The topological polar surface area (TPSA) is 110 Å². The van der Waals surface area contributed by atoms with E-state index in [1.165, 1.54) is 6.07 Å². The number of azo groups is 1. The van der Waals surface area contributed by atoms with E-state index in [9.17, 15) is 10.4 Å². The van der Waals surface area contributed by atoms with Crippen LogP contribution in [-0.2, 0) is 9.47 Å². The Morgan fingerprint density at radius 1 is 1.67 bits per heavy atom. The molecule has 2 aliphatic rings. The van der Waals surface area contributed by atoms with E-state index in [0.717, 1.165) is 0 Å². The minimum atomic E-state index is -1.93. The van der Waals surface area contributed by atoms with Gasteiger partial charge in [0.2, 0.25) is 0 Å². The van der Waals surface area contributed by atoms with Crippen LogP contribution in [0.3, 0.4) is 0 Å². The highest BCUT2D eigenvalue weighted by Crippen LogP contribution is 2.35. The molecule has 2 atom stereocenters. The number of anilines is 1. The first-order valence-electron chi connectivity index (χ1n) is 5.43. The molecule has 8 nitrogen and oxygen atoms in total. The molecule has 0 spiro atoms. The van der Waals surface area contributed by atoms with Gasteiger partial charge in [0.15, 0.2) is 0 Å². The number of hydroxylamine groups is 1. The fourth-order valence-electron chi connectivity index (χ4n) is 1.67. The van der Waals surface area contributed by atoms with Crippen LogP contribution in [0.5, 0.6) is 0 Å². The van der Waals surface area contributed by atoms with Gasteiger partial charge in [-0.3, -0.25) is 10.9 Å². The molecule has 1 aromatic carbocycles. The van der Waals surface area contributed by atoms with Crippen LogP contribution in [0.1, 0.15) is 0 Å². The maximum absolute atomic E-state index is 11.7. The third kappa shape index (κ3) is 1.81. The Kier molecular flexibility index (Phi) is 2.45. The number of rotatable bonds is 3. The van der Waals surface area contributed by atoms with Crippen LogP contribution in [0.25, 0.3) is 0 Å². The van der Waals surface area contributed by atoms with Gasteiger partial charge in [-0.1, -0.05) is 12.1 Å². The Balaban J connectivity index is 1.91. The Morgan fingerprint density at radius 3 is 3.11 bits per heavy atom. The van der Waals surface area contributed by atoms with Gasteiger partial charge in [0, 0.05) is 6.07 Å². The van der Waals surface area contributed by atoms with E-state index in [1.807, 2.05) is 0 Å². The number of nitrogens with zero attached hydrogens (tertiary/aromatic N) is 3. The SMILES string of the molecule is NC1(OCC2CO2)N=[N+]([O-])c2ccccc2N1O. The second kappa shape index (κ2) is 3.89. The Hall–Kier alpha value is -1.74. The zero-order chi connectivity index (χ0) is 12.8. The monoisotopic (exact) mass is 252 g/mol. The lowest BCUT2D eigenvalue weighted by atomic mass is 10.2. The van der Waals surface area contributed by atoms with Crippen molar-refractivity contribution < 1.29 is 19.5 Å². The molecule has 96 valence electrons. The van der Waals surface area contributed by atoms with Gasteiger partial charge in [0.05, 0.1) is 18.3 Å². The summed E-state index contributed by atoms with van der Waals surface area (Å²) >= 11 is 0. The predicted octanol–water partition coefficient (Wildman–Crippen LogP) is 0.475. The number of ether oxygens (including phenoxy) is 2. The van der Waals surface area contributed by atoms with E-state index in [1.54, 1.807) is 18.2 Å². The highest BCUT2D eigenvalue weighted by Gasteiger charge is 2.45. The normalized spacial score (nSPS) is 29.8. The van der Waals surface area contributed by atoms with Crippen molar-refractivity contribution in [1.29, 1.82) is 0 Å². The fraction of sp³-hybridized carbons (Fsp3) is 0.400. The van der Waals surface area contributed by atoms with Crippen molar-refractivity contribution in [3.05, 3.63) is 29.5 Å². The van der Waals surface area contributed by atoms with E-state index < -0.39 is 5.97 Å². The molecule has 0 radical (unpaired) electrons. The lowest BCUT2D eigenvalue weighted by Gasteiger charge is -2.33. The van der Waals surface area contributed by atoms with Crippen LogP contribution in [-0.4, -0.2) is 35.4 Å². The summed E-state index contributed by atoms with van der Waals surface area (Å²) in [7, 11) is 0. The van der Waals surface area contributed by atoms with Crippen molar-refractivity contribution in [3.8, 4) is 0 Å². The van der Waals surface area contributed by atoms with Crippen molar-refractivity contribution in [1.82, 2.24) is 0 Å². The van der Waals surface area contributed by atoms with Crippen LogP contribution >= 0.6 is 0 Å². The van der Waals surface area contributed by atoms with Crippen molar-refractivity contribution in [2.45, 2.75) is 12.1 Å². The minimum absolute atomic E-state index is 0.0497. The highest BCUT2D eigenvalue weighted by atomic mass is 16.7. The van der Waals surface area contributed by atoms with E-state index in [2.05, 4.69) is 5.11 Å². The largest absolute Gasteiger partial charge is 0.594 e. The van der Waals surface area contributed by atoms with Crippen molar-refractivity contribution in [3.63, 3.8) is 0 Å². The summed E-state index contributed by atoms with van der Waals surface area (Å²) in [6.45, 7) is 0.742. The third-order valence-electron chi connectivity index (χ3n) is 2.74. The summed E-state index contributed by atoms with van der Waals surface area (Å²) in [5.41, 5.74) is 6.21. The van der Waals surface area contributed by atoms with Gasteiger partial charge >= 0.3 is 5.97 Å². The summed E-state index contributed by atoms with van der Waals surface area (Å²) < 4.78 is 10.2. The number of hydrogen-bond donors (Lipinski definition) is 2. The number of epoxide rings is 1. The standard InChI is InChI=1S/C10H12N4O4/c11-10(18-6-7-5-17-7)12-14(16)9-4-2-1-3-8(9)13(10)15/h1-4,7,15H,5-6,11H2. The van der Waals surface area contributed by atoms with Crippen LogP contribution in [0.15, 0.2) is 29.4 Å². The molecule has 3 N–H and O–H groups in total. The van der Waals surface area contributed by atoms with Crippen LogP contribution in [0.2, 0.25) is 0 Å². The first-order chi connectivity index (χ1) is 8.60. The van der Waals surface area contributed by atoms with Crippen molar-refractivity contribution in [2.75, 3.05) is 18.3 Å². The summed E-state index contributed by atoms with van der Waals surface area (Å²) in [6, 6.07) is 6.41. The molecule has 2 heterocycles. The van der Waals surface area contributed by atoms with E-state index in [-0.39, 0.29) is 24.1 Å². The quantitative estimate of drug-likeness (QED) is 0.350. The molecular formula is C10H12N4O4. The number of nitrogens with two attached hydrogens (primary N) is 1. The summed E-state index contributed by atoms with van der Waals surface area (Å²) in [5.74, 6) is -1.93. The molecule has 0 aromatic heterocycles. The third-order valence-corrected chi connectivity index (χ3v) is 2.74. The predicted molar refractivity (Wildman–Crippen MR) is 59.0 cm³/mol. The molecule has 18 heavy (non-hydrogen) atoms. The van der Waals surface area contributed by atoms with Gasteiger partial charge < -0.3 is 14.7 Å².